The molecule has 0 heterocycles. The van der Waals surface area contributed by atoms with Crippen LogP contribution in [0.3, 0.4) is 0 Å². The smallest absolute Gasteiger partial charge is 0.320 e. The van der Waals surface area contributed by atoms with E-state index in [4.69, 9.17) is 20.7 Å². The van der Waals surface area contributed by atoms with Crippen molar-refractivity contribution in [2.24, 2.45) is 5.73 Å². The number of rotatable bonds is 15. The Bertz CT molecular complexity index is 397. The zero-order valence-electron chi connectivity index (χ0n) is 18.6. The monoisotopic (exact) mass is 404 g/mol. The summed E-state index contributed by atoms with van der Waals surface area (Å²) >= 11 is 0. The van der Waals surface area contributed by atoms with Crippen LogP contribution >= 0.6 is 0 Å². The molecule has 5 N–H and O–H groups in total. The molecule has 0 aromatic heterocycles. The molecule has 0 aliphatic carbocycles. The molecule has 0 bridgehead atoms. The highest BCUT2D eigenvalue weighted by atomic mass is 16.5. The standard InChI is InChI=1S/C13H27NO3.C8H17NO2/c1-5-6-7-8-9-11(12(15)16)14-10-17-13(2,3)4;1-2-3-4-5-6-7(9)8(10)11/h11,14H,5-10H2,1-4H3,(H,15,16);7H,2-6,9H2,1H3,(H,10,11). The summed E-state index contributed by atoms with van der Waals surface area (Å²) < 4.78 is 5.46. The molecule has 0 aliphatic heterocycles. The Hall–Kier alpha value is -1.18. The Kier molecular flexibility index (Phi) is 18.5. The third kappa shape index (κ3) is 21.1. The van der Waals surface area contributed by atoms with E-state index >= 15 is 0 Å². The van der Waals surface area contributed by atoms with Gasteiger partial charge < -0.3 is 20.7 Å². The number of aliphatic carboxylic acids is 2. The number of nitrogens with one attached hydrogen (secondary N) is 1. The zero-order valence-corrected chi connectivity index (χ0v) is 18.6. The fourth-order valence-electron chi connectivity index (χ4n) is 2.36. The number of carboxylic acids is 2. The van der Waals surface area contributed by atoms with Gasteiger partial charge in [-0.2, -0.15) is 0 Å². The highest BCUT2D eigenvalue weighted by Gasteiger charge is 2.17. The molecule has 0 aliphatic rings. The van der Waals surface area contributed by atoms with Gasteiger partial charge in [0.1, 0.15) is 12.1 Å². The quantitative estimate of drug-likeness (QED) is 0.239. The first-order chi connectivity index (χ1) is 13.0. The van der Waals surface area contributed by atoms with Crippen molar-refractivity contribution in [1.29, 1.82) is 0 Å². The minimum atomic E-state index is -0.888. The maximum Gasteiger partial charge on any atom is 0.320 e. The van der Waals surface area contributed by atoms with Gasteiger partial charge in [0.2, 0.25) is 0 Å². The normalized spacial score (nSPS) is 13.4. The number of hydrogen-bond donors (Lipinski definition) is 4. The predicted molar refractivity (Wildman–Crippen MR) is 113 cm³/mol. The highest BCUT2D eigenvalue weighted by Crippen LogP contribution is 2.08. The van der Waals surface area contributed by atoms with E-state index in [2.05, 4.69) is 19.2 Å². The molecular weight excluding hydrogens is 360 g/mol. The van der Waals surface area contributed by atoms with Crippen molar-refractivity contribution in [3.63, 3.8) is 0 Å². The van der Waals surface area contributed by atoms with Crippen molar-refractivity contribution < 1.29 is 24.5 Å². The number of carboxylic acid groups (broad SMARTS) is 2. The van der Waals surface area contributed by atoms with Gasteiger partial charge in [-0.05, 0) is 33.6 Å². The van der Waals surface area contributed by atoms with Gasteiger partial charge >= 0.3 is 11.9 Å². The van der Waals surface area contributed by atoms with Gasteiger partial charge in [0.25, 0.3) is 0 Å². The van der Waals surface area contributed by atoms with Gasteiger partial charge in [0, 0.05) is 0 Å². The fourth-order valence-corrected chi connectivity index (χ4v) is 2.36. The summed E-state index contributed by atoms with van der Waals surface area (Å²) in [4.78, 5) is 21.2. The Morgan fingerprint density at radius 1 is 0.893 bits per heavy atom. The van der Waals surface area contributed by atoms with Crippen molar-refractivity contribution in [2.45, 2.75) is 117 Å². The predicted octanol–water partition coefficient (Wildman–Crippen LogP) is 4.14. The highest BCUT2D eigenvalue weighted by molar-refractivity contribution is 5.73. The van der Waals surface area contributed by atoms with Crippen molar-refractivity contribution in [3.8, 4) is 0 Å². The van der Waals surface area contributed by atoms with E-state index in [1.54, 1.807) is 0 Å². The van der Waals surface area contributed by atoms with Crippen LogP contribution < -0.4 is 11.1 Å². The van der Waals surface area contributed by atoms with Crippen LogP contribution in [0.2, 0.25) is 0 Å². The molecule has 7 nitrogen and oxygen atoms in total. The number of hydrogen-bond acceptors (Lipinski definition) is 5. The molecule has 0 rings (SSSR count). The molecule has 168 valence electrons. The van der Waals surface area contributed by atoms with Gasteiger partial charge in [-0.1, -0.05) is 65.2 Å². The van der Waals surface area contributed by atoms with Crippen LogP contribution in [-0.4, -0.2) is 46.6 Å². The van der Waals surface area contributed by atoms with E-state index in [1.807, 2.05) is 20.8 Å². The maximum atomic E-state index is 11.0. The summed E-state index contributed by atoms with van der Waals surface area (Å²) in [6, 6.07) is -1.15. The Labute approximate surface area is 171 Å². The Balaban J connectivity index is 0. The van der Waals surface area contributed by atoms with Crippen LogP contribution in [0.25, 0.3) is 0 Å². The van der Waals surface area contributed by atoms with E-state index < -0.39 is 24.0 Å². The number of carbonyl (C=O) groups is 2. The van der Waals surface area contributed by atoms with Crippen molar-refractivity contribution in [3.05, 3.63) is 0 Å². The lowest BCUT2D eigenvalue weighted by Gasteiger charge is -2.22. The van der Waals surface area contributed by atoms with Crippen molar-refractivity contribution in [2.75, 3.05) is 6.73 Å². The van der Waals surface area contributed by atoms with Gasteiger partial charge in [0.15, 0.2) is 0 Å². The largest absolute Gasteiger partial charge is 0.480 e. The average molecular weight is 405 g/mol. The Morgan fingerprint density at radius 2 is 1.39 bits per heavy atom. The molecule has 7 heteroatoms. The van der Waals surface area contributed by atoms with Crippen LogP contribution in [0.15, 0.2) is 0 Å². The number of ether oxygens (including phenoxy) is 1. The molecule has 0 aromatic rings. The SMILES string of the molecule is CCCCCCC(N)C(=O)O.CCCCCCC(NCOC(C)(C)C)C(=O)O. The second-order valence-electron chi connectivity index (χ2n) is 8.14. The van der Waals surface area contributed by atoms with Crippen molar-refractivity contribution in [1.82, 2.24) is 5.32 Å². The summed E-state index contributed by atoms with van der Waals surface area (Å²) in [6.07, 6.45) is 10.0. The average Bonchev–Trinajstić information content (AvgIpc) is 2.59. The maximum absolute atomic E-state index is 11.0. The molecule has 0 aromatic carbocycles. The van der Waals surface area contributed by atoms with Crippen LogP contribution in [-0.2, 0) is 14.3 Å². The van der Waals surface area contributed by atoms with E-state index in [0.717, 1.165) is 32.1 Å². The summed E-state index contributed by atoms with van der Waals surface area (Å²) in [5.74, 6) is -1.68. The van der Waals surface area contributed by atoms with Crippen LogP contribution in [0.4, 0.5) is 0 Å². The summed E-state index contributed by atoms with van der Waals surface area (Å²) in [6.45, 7) is 10.4. The molecule has 0 spiro atoms. The molecule has 28 heavy (non-hydrogen) atoms. The first-order valence-corrected chi connectivity index (χ1v) is 10.6. The van der Waals surface area contributed by atoms with Gasteiger partial charge in [0.05, 0.1) is 12.3 Å². The first-order valence-electron chi connectivity index (χ1n) is 10.6. The molecule has 2 unspecified atom stereocenters. The molecule has 0 saturated heterocycles. The number of unbranched alkanes of at least 4 members (excludes halogenated alkanes) is 6. The van der Waals surface area contributed by atoms with E-state index in [1.165, 1.54) is 19.3 Å². The second kappa shape index (κ2) is 17.9. The minimum Gasteiger partial charge on any atom is -0.480 e. The van der Waals surface area contributed by atoms with Gasteiger partial charge in [-0.15, -0.1) is 0 Å². The summed E-state index contributed by atoms with van der Waals surface area (Å²) in [5, 5.41) is 20.4. The fraction of sp³-hybridized carbons (Fsp3) is 0.905. The third-order valence-corrected chi connectivity index (χ3v) is 4.17. The first kappa shape index (κ1) is 29.0. The van der Waals surface area contributed by atoms with Gasteiger partial charge in [-0.3, -0.25) is 14.9 Å². The lowest BCUT2D eigenvalue weighted by atomic mass is 10.1. The molecule has 0 amide bonds. The molecule has 2 atom stereocenters. The van der Waals surface area contributed by atoms with Crippen molar-refractivity contribution >= 4 is 11.9 Å². The van der Waals surface area contributed by atoms with Crippen LogP contribution in [0, 0.1) is 0 Å². The topological polar surface area (TPSA) is 122 Å². The second-order valence-corrected chi connectivity index (χ2v) is 8.14. The van der Waals surface area contributed by atoms with Crippen LogP contribution in [0.1, 0.15) is 98.8 Å². The van der Waals surface area contributed by atoms with E-state index in [9.17, 15) is 9.59 Å². The minimum absolute atomic E-state index is 0.238. The zero-order chi connectivity index (χ0) is 22.0. The number of nitrogens with two attached hydrogens (primary N) is 1. The van der Waals surface area contributed by atoms with E-state index in [0.29, 0.717) is 12.8 Å². The summed E-state index contributed by atoms with van der Waals surface area (Å²) in [5.41, 5.74) is 5.06. The molecule has 0 fully saturated rings. The molecule has 0 radical (unpaired) electrons. The van der Waals surface area contributed by atoms with Gasteiger partial charge in [-0.25, -0.2) is 0 Å². The van der Waals surface area contributed by atoms with Crippen LogP contribution in [0.5, 0.6) is 0 Å². The molecule has 0 saturated carbocycles. The Morgan fingerprint density at radius 3 is 1.79 bits per heavy atom. The lowest BCUT2D eigenvalue weighted by Crippen LogP contribution is -2.40. The summed E-state index contributed by atoms with van der Waals surface area (Å²) in [7, 11) is 0. The third-order valence-electron chi connectivity index (χ3n) is 4.17. The van der Waals surface area contributed by atoms with E-state index in [-0.39, 0.29) is 12.3 Å². The molecular formula is C21H44N2O5. The lowest BCUT2D eigenvalue weighted by molar-refractivity contribution is -0.141.